The van der Waals surface area contributed by atoms with Crippen molar-refractivity contribution in [1.82, 2.24) is 5.32 Å². The Hall–Kier alpha value is -0.610. The molecule has 1 aliphatic carbocycles. The molecule has 2 N–H and O–H groups in total. The lowest BCUT2D eigenvalue weighted by molar-refractivity contribution is -0.121. The summed E-state index contributed by atoms with van der Waals surface area (Å²) in [4.78, 5) is 10.8. The largest absolute Gasteiger partial charge is 0.391 e. The van der Waals surface area contributed by atoms with Gasteiger partial charge in [-0.15, -0.1) is 0 Å². The Morgan fingerprint density at radius 1 is 1.54 bits per heavy atom. The smallest absolute Gasteiger partial charge is 0.217 e. The number of carbonyl (C=O) groups is 1. The number of hydrogen-bond donors (Lipinski definition) is 2. The fraction of sp³-hybridized carbons (Fsp3) is 0.889. The fourth-order valence-electron chi connectivity index (χ4n) is 1.75. The topological polar surface area (TPSA) is 58.6 Å². The summed E-state index contributed by atoms with van der Waals surface area (Å²) in [6, 6.07) is -0.142. The second-order valence-corrected chi connectivity index (χ2v) is 3.55. The third-order valence-electron chi connectivity index (χ3n) is 2.49. The van der Waals surface area contributed by atoms with Gasteiger partial charge in [-0.05, 0) is 19.3 Å². The minimum Gasteiger partial charge on any atom is -0.391 e. The monoisotopic (exact) mass is 187 g/mol. The molecule has 0 aromatic heterocycles. The minimum absolute atomic E-state index is 0.0965. The van der Waals surface area contributed by atoms with Crippen LogP contribution in [0, 0.1) is 0 Å². The lowest BCUT2D eigenvalue weighted by Crippen LogP contribution is -2.47. The normalized spacial score (nSPS) is 34.2. The van der Waals surface area contributed by atoms with E-state index in [4.69, 9.17) is 4.74 Å². The van der Waals surface area contributed by atoms with Crippen LogP contribution in [0.15, 0.2) is 0 Å². The van der Waals surface area contributed by atoms with Crippen molar-refractivity contribution in [2.75, 3.05) is 7.11 Å². The molecule has 13 heavy (non-hydrogen) atoms. The Morgan fingerprint density at radius 3 is 2.77 bits per heavy atom. The van der Waals surface area contributed by atoms with Gasteiger partial charge in [0.15, 0.2) is 0 Å². The summed E-state index contributed by atoms with van der Waals surface area (Å²) < 4.78 is 5.19. The van der Waals surface area contributed by atoms with Crippen LogP contribution in [0.4, 0.5) is 0 Å². The van der Waals surface area contributed by atoms with Gasteiger partial charge in [0.25, 0.3) is 0 Å². The van der Waals surface area contributed by atoms with Crippen LogP contribution in [0.3, 0.4) is 0 Å². The highest BCUT2D eigenvalue weighted by Gasteiger charge is 2.29. The zero-order valence-corrected chi connectivity index (χ0v) is 8.12. The predicted octanol–water partition coefficient (Wildman–Crippen LogP) is 0.0509. The second-order valence-electron chi connectivity index (χ2n) is 3.55. The van der Waals surface area contributed by atoms with Crippen molar-refractivity contribution >= 4 is 5.91 Å². The van der Waals surface area contributed by atoms with Gasteiger partial charge >= 0.3 is 0 Å². The summed E-state index contributed by atoms with van der Waals surface area (Å²) in [6.45, 7) is 1.46. The Bertz CT molecular complexity index is 184. The van der Waals surface area contributed by atoms with Crippen molar-refractivity contribution in [3.05, 3.63) is 0 Å². The van der Waals surface area contributed by atoms with E-state index >= 15 is 0 Å². The zero-order valence-electron chi connectivity index (χ0n) is 8.12. The first-order valence-electron chi connectivity index (χ1n) is 4.61. The van der Waals surface area contributed by atoms with Gasteiger partial charge in [-0.3, -0.25) is 4.79 Å². The van der Waals surface area contributed by atoms with Gasteiger partial charge in [-0.1, -0.05) is 0 Å². The number of carbonyl (C=O) groups excluding carboxylic acids is 1. The van der Waals surface area contributed by atoms with Crippen molar-refractivity contribution in [1.29, 1.82) is 0 Å². The van der Waals surface area contributed by atoms with Gasteiger partial charge in [-0.25, -0.2) is 0 Å². The second kappa shape index (κ2) is 4.58. The van der Waals surface area contributed by atoms with Gasteiger partial charge in [0.05, 0.1) is 18.2 Å². The van der Waals surface area contributed by atoms with E-state index < -0.39 is 6.10 Å². The average Bonchev–Trinajstić information content (AvgIpc) is 2.08. The quantitative estimate of drug-likeness (QED) is 0.642. The molecule has 0 aromatic carbocycles. The Balaban J connectivity index is 2.44. The first-order valence-corrected chi connectivity index (χ1v) is 4.61. The molecule has 0 bridgehead atoms. The molecular formula is C9H17NO3. The van der Waals surface area contributed by atoms with E-state index in [1.807, 2.05) is 0 Å². The molecule has 0 aliphatic heterocycles. The number of methoxy groups -OCH3 is 1. The summed E-state index contributed by atoms with van der Waals surface area (Å²) in [5, 5.41) is 12.3. The maximum atomic E-state index is 10.8. The molecule has 0 saturated heterocycles. The lowest BCUT2D eigenvalue weighted by Gasteiger charge is -2.32. The highest BCUT2D eigenvalue weighted by molar-refractivity contribution is 5.73. The fourth-order valence-corrected chi connectivity index (χ4v) is 1.75. The van der Waals surface area contributed by atoms with Crippen LogP contribution in [0.1, 0.15) is 26.2 Å². The zero-order chi connectivity index (χ0) is 9.84. The first-order chi connectivity index (χ1) is 6.13. The van der Waals surface area contributed by atoms with E-state index in [1.54, 1.807) is 7.11 Å². The predicted molar refractivity (Wildman–Crippen MR) is 48.3 cm³/mol. The van der Waals surface area contributed by atoms with E-state index in [9.17, 15) is 9.90 Å². The molecule has 1 fully saturated rings. The van der Waals surface area contributed by atoms with Gasteiger partial charge in [0, 0.05) is 14.0 Å². The Kier molecular flexibility index (Phi) is 3.69. The third kappa shape index (κ3) is 2.97. The molecule has 3 atom stereocenters. The van der Waals surface area contributed by atoms with Crippen molar-refractivity contribution < 1.29 is 14.6 Å². The van der Waals surface area contributed by atoms with Crippen molar-refractivity contribution in [2.24, 2.45) is 0 Å². The molecule has 0 aromatic rings. The van der Waals surface area contributed by atoms with Crippen LogP contribution in [0.5, 0.6) is 0 Å². The Labute approximate surface area is 78.3 Å². The van der Waals surface area contributed by atoms with Crippen molar-refractivity contribution in [3.63, 3.8) is 0 Å². The minimum atomic E-state index is -0.421. The van der Waals surface area contributed by atoms with Crippen LogP contribution in [0.25, 0.3) is 0 Å². The maximum absolute atomic E-state index is 10.8. The van der Waals surface area contributed by atoms with Crippen LogP contribution in [-0.4, -0.2) is 36.4 Å². The van der Waals surface area contributed by atoms with Crippen LogP contribution in [0.2, 0.25) is 0 Å². The van der Waals surface area contributed by atoms with Crippen molar-refractivity contribution in [2.45, 2.75) is 44.4 Å². The molecule has 0 heterocycles. The Morgan fingerprint density at radius 2 is 2.23 bits per heavy atom. The highest BCUT2D eigenvalue weighted by atomic mass is 16.5. The number of aliphatic hydroxyl groups is 1. The molecule has 4 nitrogen and oxygen atoms in total. The van der Waals surface area contributed by atoms with Gasteiger partial charge in [-0.2, -0.15) is 0 Å². The van der Waals surface area contributed by atoms with Crippen LogP contribution in [-0.2, 0) is 9.53 Å². The number of hydrogen-bond acceptors (Lipinski definition) is 3. The van der Waals surface area contributed by atoms with Crippen LogP contribution >= 0.6 is 0 Å². The van der Waals surface area contributed by atoms with E-state index in [-0.39, 0.29) is 18.1 Å². The molecule has 1 rings (SSSR count). The lowest BCUT2D eigenvalue weighted by atomic mass is 9.90. The summed E-state index contributed by atoms with van der Waals surface area (Å²) in [6.07, 6.45) is 2.02. The van der Waals surface area contributed by atoms with Gasteiger partial charge < -0.3 is 15.2 Å². The summed E-state index contributed by atoms with van der Waals surface area (Å²) in [7, 11) is 1.66. The molecule has 0 radical (unpaired) electrons. The highest BCUT2D eigenvalue weighted by Crippen LogP contribution is 2.21. The van der Waals surface area contributed by atoms with Gasteiger partial charge in [0.1, 0.15) is 0 Å². The molecule has 76 valence electrons. The first kappa shape index (κ1) is 10.5. The molecule has 1 aliphatic rings. The van der Waals surface area contributed by atoms with Gasteiger partial charge in [0.2, 0.25) is 5.91 Å². The number of aliphatic hydroxyl groups excluding tert-OH is 1. The van der Waals surface area contributed by atoms with E-state index in [2.05, 4.69) is 5.32 Å². The van der Waals surface area contributed by atoms with E-state index in [1.165, 1.54) is 6.92 Å². The molecule has 1 saturated carbocycles. The summed E-state index contributed by atoms with van der Waals surface area (Å²) in [5.41, 5.74) is 0. The number of nitrogens with one attached hydrogen (secondary N) is 1. The molecule has 1 amide bonds. The standard InChI is InChI=1S/C9H17NO3/c1-6(11)10-8-5-7(13-2)3-4-9(8)12/h7-9,12H,3-5H2,1-2H3,(H,10,11). The van der Waals surface area contributed by atoms with E-state index in [0.29, 0.717) is 12.8 Å². The summed E-state index contributed by atoms with van der Waals surface area (Å²) in [5.74, 6) is -0.0965. The van der Waals surface area contributed by atoms with Crippen LogP contribution < -0.4 is 5.32 Å². The third-order valence-corrected chi connectivity index (χ3v) is 2.49. The number of ether oxygens (including phenoxy) is 1. The van der Waals surface area contributed by atoms with E-state index in [0.717, 1.165) is 6.42 Å². The molecule has 3 unspecified atom stereocenters. The molecule has 4 heteroatoms. The van der Waals surface area contributed by atoms with Crippen molar-refractivity contribution in [3.8, 4) is 0 Å². The molecule has 0 spiro atoms. The molecular weight excluding hydrogens is 170 g/mol. The SMILES string of the molecule is COC1CCC(O)C(NC(C)=O)C1. The number of rotatable bonds is 2. The maximum Gasteiger partial charge on any atom is 0.217 e. The average molecular weight is 187 g/mol. The summed E-state index contributed by atoms with van der Waals surface area (Å²) >= 11 is 0. The number of amides is 1.